The summed E-state index contributed by atoms with van der Waals surface area (Å²) in [6.07, 6.45) is -0.724. The molecule has 0 spiro atoms. The summed E-state index contributed by atoms with van der Waals surface area (Å²) in [5, 5.41) is 14.3. The number of carbonyl (C=O) groups excluding carboxylic acids is 4. The molecule has 0 unspecified atom stereocenters. The van der Waals surface area contributed by atoms with E-state index in [9.17, 15) is 29.1 Å². The third kappa shape index (κ3) is 6.17. The van der Waals surface area contributed by atoms with Crippen LogP contribution >= 0.6 is 0 Å². The maximum Gasteiger partial charge on any atom is 0.412 e. The zero-order valence-corrected chi connectivity index (χ0v) is 17.8. The van der Waals surface area contributed by atoms with Crippen LogP contribution < -0.4 is 10.6 Å². The van der Waals surface area contributed by atoms with Gasteiger partial charge in [-0.25, -0.2) is 14.4 Å². The van der Waals surface area contributed by atoms with E-state index in [2.05, 4.69) is 10.6 Å². The Morgan fingerprint density at radius 1 is 1.16 bits per heavy atom. The molecule has 31 heavy (non-hydrogen) atoms. The van der Waals surface area contributed by atoms with Crippen LogP contribution in [0.1, 0.15) is 39.3 Å². The Morgan fingerprint density at radius 3 is 2.42 bits per heavy atom. The van der Waals surface area contributed by atoms with E-state index in [1.165, 1.54) is 29.2 Å². The Morgan fingerprint density at radius 2 is 1.84 bits per heavy atom. The predicted octanol–water partition coefficient (Wildman–Crippen LogP) is 1.56. The number of ether oxygens (including phenoxy) is 1. The van der Waals surface area contributed by atoms with Crippen LogP contribution in [0.2, 0.25) is 0 Å². The van der Waals surface area contributed by atoms with Crippen molar-refractivity contribution in [1.82, 2.24) is 15.1 Å². The van der Waals surface area contributed by atoms with E-state index in [1.54, 1.807) is 27.7 Å². The third-order valence-electron chi connectivity index (χ3n) is 4.32. The van der Waals surface area contributed by atoms with Crippen LogP contribution in [0.15, 0.2) is 24.3 Å². The molecule has 1 aromatic rings. The summed E-state index contributed by atoms with van der Waals surface area (Å²) in [5.74, 6) is -3.22. The summed E-state index contributed by atoms with van der Waals surface area (Å²) < 4.78 is 5.16. The normalized spacial score (nSPS) is 15.4. The van der Waals surface area contributed by atoms with Crippen molar-refractivity contribution in [1.29, 1.82) is 0 Å². The van der Waals surface area contributed by atoms with Crippen LogP contribution in [-0.2, 0) is 19.1 Å². The van der Waals surface area contributed by atoms with Crippen molar-refractivity contribution in [2.24, 2.45) is 0 Å². The van der Waals surface area contributed by atoms with Crippen LogP contribution in [0, 0.1) is 0 Å². The first kappa shape index (κ1) is 23.6. The number of hydrogen-bond donors (Lipinski definition) is 3. The predicted molar refractivity (Wildman–Crippen MR) is 109 cm³/mol. The van der Waals surface area contributed by atoms with E-state index >= 15 is 0 Å². The number of carboxylic acid groups (broad SMARTS) is 1. The van der Waals surface area contributed by atoms with Gasteiger partial charge in [0.25, 0.3) is 0 Å². The monoisotopic (exact) mass is 434 g/mol. The molecule has 0 radical (unpaired) electrons. The number of carboxylic acids is 1. The summed E-state index contributed by atoms with van der Waals surface area (Å²) in [7, 11) is 0. The SMILES string of the molecule is CCN1CCN(C(=O)N[C@H](C(=O)O)c2cccc(NC(=O)OC(C)(C)C)c2)C(=O)C1=O. The highest BCUT2D eigenvalue weighted by Crippen LogP contribution is 2.20. The fourth-order valence-electron chi connectivity index (χ4n) is 2.88. The van der Waals surface area contributed by atoms with E-state index in [0.717, 1.165) is 0 Å². The molecule has 0 aliphatic carbocycles. The van der Waals surface area contributed by atoms with Crippen LogP contribution in [0.25, 0.3) is 0 Å². The smallest absolute Gasteiger partial charge is 0.412 e. The molecule has 1 aromatic carbocycles. The number of anilines is 1. The quantitative estimate of drug-likeness (QED) is 0.596. The van der Waals surface area contributed by atoms with Gasteiger partial charge in [0, 0.05) is 25.3 Å². The van der Waals surface area contributed by atoms with Gasteiger partial charge in [-0.2, -0.15) is 0 Å². The van der Waals surface area contributed by atoms with Gasteiger partial charge in [-0.1, -0.05) is 12.1 Å². The lowest BCUT2D eigenvalue weighted by atomic mass is 10.1. The first-order valence-corrected chi connectivity index (χ1v) is 9.67. The number of aliphatic carboxylic acids is 1. The Labute approximate surface area is 179 Å². The highest BCUT2D eigenvalue weighted by molar-refractivity contribution is 6.38. The molecule has 1 heterocycles. The Kier molecular flexibility index (Phi) is 7.21. The fourth-order valence-corrected chi connectivity index (χ4v) is 2.88. The molecule has 1 atom stereocenters. The van der Waals surface area contributed by atoms with E-state index < -0.39 is 41.6 Å². The minimum Gasteiger partial charge on any atom is -0.479 e. The molecular formula is C20H26N4O7. The molecular weight excluding hydrogens is 408 g/mol. The Bertz CT molecular complexity index is 894. The Balaban J connectivity index is 2.15. The molecule has 1 aliphatic heterocycles. The zero-order chi connectivity index (χ0) is 23.3. The molecule has 5 amide bonds. The largest absolute Gasteiger partial charge is 0.479 e. The van der Waals surface area contributed by atoms with Crippen LogP contribution in [-0.4, -0.2) is 70.0 Å². The highest BCUT2D eigenvalue weighted by atomic mass is 16.6. The van der Waals surface area contributed by atoms with Gasteiger partial charge in [-0.15, -0.1) is 0 Å². The van der Waals surface area contributed by atoms with Gasteiger partial charge in [-0.3, -0.25) is 19.8 Å². The molecule has 0 saturated carbocycles. The lowest BCUT2D eigenvalue weighted by Gasteiger charge is -2.32. The lowest BCUT2D eigenvalue weighted by Crippen LogP contribution is -2.58. The van der Waals surface area contributed by atoms with Crippen LogP contribution in [0.5, 0.6) is 0 Å². The van der Waals surface area contributed by atoms with Crippen molar-refractivity contribution in [2.75, 3.05) is 25.0 Å². The molecule has 1 saturated heterocycles. The molecule has 1 aliphatic rings. The van der Waals surface area contributed by atoms with Gasteiger partial charge in [0.2, 0.25) is 0 Å². The highest BCUT2D eigenvalue weighted by Gasteiger charge is 2.37. The van der Waals surface area contributed by atoms with E-state index in [-0.39, 0.29) is 24.3 Å². The molecule has 3 N–H and O–H groups in total. The summed E-state index contributed by atoms with van der Waals surface area (Å²) in [5.41, 5.74) is -0.305. The topological polar surface area (TPSA) is 145 Å². The number of nitrogens with zero attached hydrogens (tertiary/aromatic N) is 2. The van der Waals surface area contributed by atoms with E-state index in [1.807, 2.05) is 0 Å². The lowest BCUT2D eigenvalue weighted by molar-refractivity contribution is -0.153. The van der Waals surface area contributed by atoms with Crippen molar-refractivity contribution in [2.45, 2.75) is 39.3 Å². The zero-order valence-electron chi connectivity index (χ0n) is 17.8. The van der Waals surface area contributed by atoms with Crippen molar-refractivity contribution >= 4 is 35.6 Å². The second-order valence-corrected chi connectivity index (χ2v) is 7.81. The summed E-state index contributed by atoms with van der Waals surface area (Å²) in [6.45, 7) is 7.26. The Hall–Kier alpha value is -3.63. The van der Waals surface area contributed by atoms with Crippen molar-refractivity contribution in [3.63, 3.8) is 0 Å². The average molecular weight is 434 g/mol. The number of rotatable bonds is 5. The summed E-state index contributed by atoms with van der Waals surface area (Å²) >= 11 is 0. The number of piperazine rings is 1. The number of benzene rings is 1. The summed E-state index contributed by atoms with van der Waals surface area (Å²) in [4.78, 5) is 62.4. The molecule has 0 aromatic heterocycles. The van der Waals surface area contributed by atoms with E-state index in [4.69, 9.17) is 4.74 Å². The van der Waals surface area contributed by atoms with Gasteiger partial charge < -0.3 is 20.1 Å². The van der Waals surface area contributed by atoms with Gasteiger partial charge in [0.1, 0.15) is 5.60 Å². The van der Waals surface area contributed by atoms with Crippen molar-refractivity contribution in [3.05, 3.63) is 29.8 Å². The van der Waals surface area contributed by atoms with Crippen molar-refractivity contribution < 1.29 is 33.8 Å². The van der Waals surface area contributed by atoms with Gasteiger partial charge >= 0.3 is 29.9 Å². The maximum absolute atomic E-state index is 12.5. The molecule has 168 valence electrons. The third-order valence-corrected chi connectivity index (χ3v) is 4.32. The number of amides is 5. The second-order valence-electron chi connectivity index (χ2n) is 7.81. The van der Waals surface area contributed by atoms with E-state index in [0.29, 0.717) is 11.4 Å². The average Bonchev–Trinajstić information content (AvgIpc) is 2.66. The standard InChI is InChI=1S/C20H26N4O7/c1-5-23-9-10-24(16(26)15(23)25)18(29)22-14(17(27)28)12-7-6-8-13(11-12)21-19(30)31-20(2,3)4/h6-8,11,14H,5,9-10H2,1-4H3,(H,21,30)(H,22,29)(H,27,28)/t14-/m0/s1. The van der Waals surface area contributed by atoms with Crippen LogP contribution in [0.3, 0.4) is 0 Å². The van der Waals surface area contributed by atoms with Crippen LogP contribution in [0.4, 0.5) is 15.3 Å². The number of carbonyl (C=O) groups is 5. The molecule has 2 rings (SSSR count). The van der Waals surface area contributed by atoms with Gasteiger partial charge in [0.15, 0.2) is 6.04 Å². The van der Waals surface area contributed by atoms with Crippen molar-refractivity contribution in [3.8, 4) is 0 Å². The molecule has 11 nitrogen and oxygen atoms in total. The number of likely N-dealkylation sites (N-methyl/N-ethyl adjacent to an activating group) is 1. The first-order valence-electron chi connectivity index (χ1n) is 9.67. The molecule has 1 fully saturated rings. The fraction of sp³-hybridized carbons (Fsp3) is 0.450. The maximum atomic E-state index is 12.5. The molecule has 11 heteroatoms. The number of nitrogens with one attached hydrogen (secondary N) is 2. The number of urea groups is 1. The number of hydrogen-bond acceptors (Lipinski definition) is 6. The minimum absolute atomic E-state index is 0.0448. The first-order chi connectivity index (χ1) is 14.4. The minimum atomic E-state index is -1.51. The summed E-state index contributed by atoms with van der Waals surface area (Å²) in [6, 6.07) is 3.33. The van der Waals surface area contributed by atoms with Gasteiger partial charge in [-0.05, 0) is 45.4 Å². The second kappa shape index (κ2) is 9.45. The number of imide groups is 1. The van der Waals surface area contributed by atoms with Gasteiger partial charge in [0.05, 0.1) is 0 Å². The molecule has 0 bridgehead atoms.